The Morgan fingerprint density at radius 3 is 2.43 bits per heavy atom. The molecule has 28 heavy (non-hydrogen) atoms. The number of hydrogen-bond acceptors (Lipinski definition) is 7. The first kappa shape index (κ1) is 18.9. The van der Waals surface area contributed by atoms with Gasteiger partial charge in [-0.25, -0.2) is 9.97 Å². The minimum atomic E-state index is -0.0888. The molecule has 4 rings (SSSR count). The minimum Gasteiger partial charge on any atom is -0.378 e. The molecular weight excluding hydrogens is 358 g/mol. The molecule has 0 aromatic carbocycles. The van der Waals surface area contributed by atoms with Gasteiger partial charge < -0.3 is 19.1 Å². The lowest BCUT2D eigenvalue weighted by molar-refractivity contribution is 0.0669. The summed E-state index contributed by atoms with van der Waals surface area (Å²) in [6.45, 7) is 10.5. The number of ether oxygens (including phenoxy) is 1. The topological polar surface area (TPSA) is 84.6 Å². The van der Waals surface area contributed by atoms with E-state index < -0.39 is 0 Å². The molecule has 0 spiro atoms. The Hall–Kier alpha value is -2.48. The number of likely N-dealkylation sites (tertiary alicyclic amines) is 1. The van der Waals surface area contributed by atoms with Crippen LogP contribution in [0.25, 0.3) is 0 Å². The first-order chi connectivity index (χ1) is 13.5. The van der Waals surface area contributed by atoms with Gasteiger partial charge in [0.25, 0.3) is 5.91 Å². The van der Waals surface area contributed by atoms with E-state index >= 15 is 0 Å². The van der Waals surface area contributed by atoms with Crippen LogP contribution in [-0.4, -0.2) is 65.3 Å². The van der Waals surface area contributed by atoms with Crippen LogP contribution in [0.1, 0.15) is 52.1 Å². The fraction of sp³-hybridized carbons (Fsp3) is 0.600. The van der Waals surface area contributed by atoms with Crippen molar-refractivity contribution < 1.29 is 14.1 Å². The Morgan fingerprint density at radius 1 is 1.07 bits per heavy atom. The lowest BCUT2D eigenvalue weighted by Crippen LogP contribution is -2.39. The van der Waals surface area contributed by atoms with Crippen molar-refractivity contribution in [3.8, 4) is 0 Å². The third-order valence-corrected chi connectivity index (χ3v) is 5.68. The quantitative estimate of drug-likeness (QED) is 0.801. The van der Waals surface area contributed by atoms with Crippen molar-refractivity contribution in [1.82, 2.24) is 20.0 Å². The summed E-state index contributed by atoms with van der Waals surface area (Å²) in [6.07, 6.45) is 1.70. The molecule has 2 aliphatic heterocycles. The normalized spacial score (nSPS) is 18.5. The van der Waals surface area contributed by atoms with Crippen molar-refractivity contribution in [2.75, 3.05) is 44.3 Å². The van der Waals surface area contributed by atoms with Crippen molar-refractivity contribution in [2.24, 2.45) is 0 Å². The Balaban J connectivity index is 1.47. The molecule has 8 nitrogen and oxygen atoms in total. The average Bonchev–Trinajstić information content (AvgIpc) is 3.16. The van der Waals surface area contributed by atoms with Gasteiger partial charge in [-0.15, -0.1) is 0 Å². The molecule has 2 aliphatic rings. The van der Waals surface area contributed by atoms with Gasteiger partial charge in [0.1, 0.15) is 11.6 Å². The standard InChI is InChI=1S/C20H27N5O3/c1-13-12-17(28-23-13)20(26)25-6-4-16(5-7-25)18-21-15(3)14(2)19(22-18)24-8-10-27-11-9-24/h12,16H,4-11H2,1-3H3. The van der Waals surface area contributed by atoms with Gasteiger partial charge in [0, 0.05) is 49.4 Å². The molecule has 2 saturated heterocycles. The van der Waals surface area contributed by atoms with E-state index in [0.717, 1.165) is 67.7 Å². The predicted molar refractivity (Wildman–Crippen MR) is 104 cm³/mol. The number of amides is 1. The molecule has 0 unspecified atom stereocenters. The summed E-state index contributed by atoms with van der Waals surface area (Å²) < 4.78 is 10.6. The highest BCUT2D eigenvalue weighted by Crippen LogP contribution is 2.30. The summed E-state index contributed by atoms with van der Waals surface area (Å²) >= 11 is 0. The van der Waals surface area contributed by atoms with Gasteiger partial charge in [-0.2, -0.15) is 0 Å². The predicted octanol–water partition coefficient (Wildman–Crippen LogP) is 2.25. The van der Waals surface area contributed by atoms with E-state index in [9.17, 15) is 4.79 Å². The van der Waals surface area contributed by atoms with Gasteiger partial charge in [-0.3, -0.25) is 4.79 Å². The van der Waals surface area contributed by atoms with Gasteiger partial charge in [0.05, 0.1) is 18.9 Å². The molecule has 8 heteroatoms. The third kappa shape index (κ3) is 3.73. The van der Waals surface area contributed by atoms with E-state index in [4.69, 9.17) is 19.2 Å². The monoisotopic (exact) mass is 385 g/mol. The second-order valence-electron chi connectivity index (χ2n) is 7.61. The smallest absolute Gasteiger partial charge is 0.292 e. The zero-order valence-electron chi connectivity index (χ0n) is 16.8. The Kier molecular flexibility index (Phi) is 5.30. The van der Waals surface area contributed by atoms with Crippen LogP contribution >= 0.6 is 0 Å². The van der Waals surface area contributed by atoms with Crippen molar-refractivity contribution in [3.63, 3.8) is 0 Å². The number of aryl methyl sites for hydroxylation is 2. The third-order valence-electron chi connectivity index (χ3n) is 5.68. The Labute approximate surface area is 164 Å². The van der Waals surface area contributed by atoms with Crippen LogP contribution in [0.3, 0.4) is 0 Å². The van der Waals surface area contributed by atoms with Crippen molar-refractivity contribution in [3.05, 3.63) is 34.6 Å². The summed E-state index contributed by atoms with van der Waals surface area (Å²) in [5, 5.41) is 3.81. The average molecular weight is 385 g/mol. The fourth-order valence-electron chi connectivity index (χ4n) is 3.86. The molecule has 4 heterocycles. The van der Waals surface area contributed by atoms with E-state index in [1.165, 1.54) is 0 Å². The lowest BCUT2D eigenvalue weighted by atomic mass is 9.95. The fourth-order valence-corrected chi connectivity index (χ4v) is 3.86. The van der Waals surface area contributed by atoms with Crippen LogP contribution in [0.15, 0.2) is 10.6 Å². The number of anilines is 1. The van der Waals surface area contributed by atoms with Crippen molar-refractivity contribution in [1.29, 1.82) is 0 Å². The molecular formula is C20H27N5O3. The number of aromatic nitrogens is 3. The van der Waals surface area contributed by atoms with E-state index in [1.54, 1.807) is 6.07 Å². The first-order valence-electron chi connectivity index (χ1n) is 9.93. The molecule has 2 aromatic heterocycles. The number of piperidine rings is 1. The number of carbonyl (C=O) groups is 1. The van der Waals surface area contributed by atoms with E-state index in [2.05, 4.69) is 23.9 Å². The van der Waals surface area contributed by atoms with Crippen LogP contribution < -0.4 is 4.90 Å². The van der Waals surface area contributed by atoms with Crippen molar-refractivity contribution in [2.45, 2.75) is 39.5 Å². The highest BCUT2D eigenvalue weighted by molar-refractivity contribution is 5.91. The number of rotatable bonds is 3. The molecule has 150 valence electrons. The second kappa shape index (κ2) is 7.87. The minimum absolute atomic E-state index is 0.0888. The summed E-state index contributed by atoms with van der Waals surface area (Å²) in [5.41, 5.74) is 2.89. The van der Waals surface area contributed by atoms with Gasteiger partial charge in [-0.05, 0) is 33.6 Å². The SMILES string of the molecule is Cc1cc(C(=O)N2CCC(c3nc(C)c(C)c(N4CCOCC4)n3)CC2)on1. The van der Waals surface area contributed by atoms with Crippen LogP contribution in [0.4, 0.5) is 5.82 Å². The van der Waals surface area contributed by atoms with E-state index in [-0.39, 0.29) is 11.8 Å². The highest BCUT2D eigenvalue weighted by atomic mass is 16.5. The molecule has 2 fully saturated rings. The molecule has 2 aromatic rings. The lowest BCUT2D eigenvalue weighted by Gasteiger charge is -2.33. The second-order valence-corrected chi connectivity index (χ2v) is 7.61. The summed E-state index contributed by atoms with van der Waals surface area (Å²) in [5.74, 6) is 2.41. The van der Waals surface area contributed by atoms with Gasteiger partial charge in [0.15, 0.2) is 0 Å². The van der Waals surface area contributed by atoms with Gasteiger partial charge in [-0.1, -0.05) is 5.16 Å². The number of carbonyl (C=O) groups excluding carboxylic acids is 1. The number of nitrogens with zero attached hydrogens (tertiary/aromatic N) is 5. The maximum atomic E-state index is 12.6. The molecule has 0 radical (unpaired) electrons. The molecule has 1 amide bonds. The molecule has 0 N–H and O–H groups in total. The molecule has 0 saturated carbocycles. The summed E-state index contributed by atoms with van der Waals surface area (Å²) in [4.78, 5) is 26.4. The van der Waals surface area contributed by atoms with Gasteiger partial charge in [0.2, 0.25) is 5.76 Å². The van der Waals surface area contributed by atoms with Gasteiger partial charge >= 0.3 is 0 Å². The van der Waals surface area contributed by atoms with Crippen LogP contribution in [0.5, 0.6) is 0 Å². The van der Waals surface area contributed by atoms with E-state index in [0.29, 0.717) is 18.8 Å². The summed E-state index contributed by atoms with van der Waals surface area (Å²) in [6, 6.07) is 1.69. The first-order valence-corrected chi connectivity index (χ1v) is 9.93. The van der Waals surface area contributed by atoms with E-state index in [1.807, 2.05) is 11.8 Å². The zero-order valence-corrected chi connectivity index (χ0v) is 16.8. The number of hydrogen-bond donors (Lipinski definition) is 0. The van der Waals surface area contributed by atoms with Crippen LogP contribution in [0.2, 0.25) is 0 Å². The molecule has 0 atom stereocenters. The summed E-state index contributed by atoms with van der Waals surface area (Å²) in [7, 11) is 0. The Bertz CT molecular complexity index is 852. The van der Waals surface area contributed by atoms with Crippen LogP contribution in [-0.2, 0) is 4.74 Å². The molecule has 0 aliphatic carbocycles. The maximum Gasteiger partial charge on any atom is 0.292 e. The van der Waals surface area contributed by atoms with Crippen molar-refractivity contribution >= 4 is 11.7 Å². The Morgan fingerprint density at radius 2 is 1.79 bits per heavy atom. The number of morpholine rings is 1. The van der Waals surface area contributed by atoms with Crippen LogP contribution in [0, 0.1) is 20.8 Å². The largest absolute Gasteiger partial charge is 0.378 e. The zero-order chi connectivity index (χ0) is 19.7. The highest BCUT2D eigenvalue weighted by Gasteiger charge is 2.29. The maximum absolute atomic E-state index is 12.6. The molecule has 0 bridgehead atoms.